The fourth-order valence-electron chi connectivity index (χ4n) is 3.53. The van der Waals surface area contributed by atoms with E-state index in [9.17, 15) is 15.0 Å². The first-order valence-corrected chi connectivity index (χ1v) is 10.2. The summed E-state index contributed by atoms with van der Waals surface area (Å²) in [7, 11) is 0. The van der Waals surface area contributed by atoms with Crippen LogP contribution in [0.1, 0.15) is 91.4 Å². The van der Waals surface area contributed by atoms with E-state index in [0.29, 0.717) is 11.0 Å². The Balaban J connectivity index is 4.76. The maximum Gasteiger partial charge on any atom is 0.119 e. The average Bonchev–Trinajstić information content (AvgIpc) is 2.51. The van der Waals surface area contributed by atoms with Crippen molar-refractivity contribution in [3.05, 3.63) is 0 Å². The fraction of sp³-hybridized carbons (Fsp3) is 0.950. The first-order chi connectivity index (χ1) is 11.5. The Morgan fingerprint density at radius 1 is 0.875 bits per heavy atom. The zero-order valence-corrected chi connectivity index (χ0v) is 16.4. The van der Waals surface area contributed by atoms with Crippen LogP contribution in [-0.4, -0.2) is 47.8 Å². The van der Waals surface area contributed by atoms with Gasteiger partial charge in [-0.3, -0.25) is 0 Å². The monoisotopic (exact) mass is 343 g/mol. The summed E-state index contributed by atoms with van der Waals surface area (Å²) in [5.74, 6) is -0.985. The molecule has 4 nitrogen and oxygen atoms in total. The van der Waals surface area contributed by atoms with Crippen molar-refractivity contribution in [3.8, 4) is 0 Å². The molecule has 0 aliphatic carbocycles. The Bertz CT molecular complexity index is 297. The van der Waals surface area contributed by atoms with Crippen molar-refractivity contribution in [2.75, 3.05) is 26.2 Å². The molecule has 0 bridgehead atoms. The number of hydrogen-bond acceptors (Lipinski definition) is 3. The van der Waals surface area contributed by atoms with Gasteiger partial charge in [0, 0.05) is 0 Å². The van der Waals surface area contributed by atoms with Crippen LogP contribution in [0.4, 0.5) is 0 Å². The molecule has 0 saturated carbocycles. The molecule has 0 aromatic heterocycles. The van der Waals surface area contributed by atoms with Crippen LogP contribution >= 0.6 is 0 Å². The maximum atomic E-state index is 11.4. The molecule has 0 fully saturated rings. The van der Waals surface area contributed by atoms with Gasteiger partial charge in [0.25, 0.3) is 0 Å². The molecule has 0 saturated heterocycles. The van der Waals surface area contributed by atoms with Crippen molar-refractivity contribution < 1.29 is 19.5 Å². The van der Waals surface area contributed by atoms with Gasteiger partial charge in [0.05, 0.1) is 19.1 Å². The van der Waals surface area contributed by atoms with Gasteiger partial charge in [-0.2, -0.15) is 0 Å². The molecule has 4 heteroatoms. The normalized spacial score (nSPS) is 13.2. The molecule has 1 atom stereocenters. The minimum atomic E-state index is -0.985. The molecule has 0 aromatic carbocycles. The van der Waals surface area contributed by atoms with Crippen molar-refractivity contribution in [1.29, 1.82) is 0 Å². The Hall–Kier alpha value is -0.610. The molecule has 0 aliphatic rings. The number of carboxylic acid groups (broad SMARTS) is 1. The second kappa shape index (κ2) is 14.7. The lowest BCUT2D eigenvalue weighted by Gasteiger charge is -2.40. The van der Waals surface area contributed by atoms with Gasteiger partial charge in [0.2, 0.25) is 0 Å². The highest BCUT2D eigenvalue weighted by Crippen LogP contribution is 2.17. The van der Waals surface area contributed by atoms with Crippen LogP contribution in [0.2, 0.25) is 0 Å². The molecule has 144 valence electrons. The van der Waals surface area contributed by atoms with E-state index < -0.39 is 12.1 Å². The Morgan fingerprint density at radius 3 is 1.83 bits per heavy atom. The minimum Gasteiger partial charge on any atom is -0.544 e. The number of carbonyl (C=O) groups is 1. The van der Waals surface area contributed by atoms with Gasteiger partial charge in [-0.1, -0.05) is 59.3 Å². The van der Waals surface area contributed by atoms with E-state index in [2.05, 4.69) is 20.8 Å². The highest BCUT2D eigenvalue weighted by Gasteiger charge is 2.29. The van der Waals surface area contributed by atoms with Crippen LogP contribution < -0.4 is 5.11 Å². The van der Waals surface area contributed by atoms with Crippen molar-refractivity contribution in [2.45, 2.75) is 97.5 Å². The van der Waals surface area contributed by atoms with Gasteiger partial charge in [-0.15, -0.1) is 0 Å². The second-order valence-electron chi connectivity index (χ2n) is 7.42. The highest BCUT2D eigenvalue weighted by atomic mass is 16.4. The van der Waals surface area contributed by atoms with Crippen LogP contribution in [-0.2, 0) is 4.79 Å². The molecule has 0 heterocycles. The lowest BCUT2D eigenvalue weighted by molar-refractivity contribution is -0.926. The number of unbranched alkanes of at least 4 members (excludes halogenated alkanes) is 7. The molecule has 0 spiro atoms. The lowest BCUT2D eigenvalue weighted by atomic mass is 10.1. The number of carbonyl (C=O) groups excluding carboxylic acids is 1. The Labute approximate surface area is 149 Å². The molecule has 0 rings (SSSR count). The van der Waals surface area contributed by atoms with E-state index >= 15 is 0 Å². The molecular formula is C20H41NO3. The van der Waals surface area contributed by atoms with E-state index in [1.165, 1.54) is 12.8 Å². The van der Waals surface area contributed by atoms with Gasteiger partial charge < -0.3 is 19.5 Å². The summed E-state index contributed by atoms with van der Waals surface area (Å²) >= 11 is 0. The minimum absolute atomic E-state index is 0.0411. The van der Waals surface area contributed by atoms with Crippen molar-refractivity contribution in [3.63, 3.8) is 0 Å². The number of quaternary nitrogens is 1. The molecule has 1 N–H and O–H groups in total. The van der Waals surface area contributed by atoms with Crippen LogP contribution in [0.3, 0.4) is 0 Å². The van der Waals surface area contributed by atoms with Gasteiger partial charge >= 0.3 is 0 Å². The van der Waals surface area contributed by atoms with E-state index in [1.54, 1.807) is 0 Å². The standard InChI is InChI=1S/C20H41NO3/c1-4-7-10-11-14-19(22)17-21(18-20(23)24,15-12-8-5-2)16-13-9-6-3/h19,22H,4-18H2,1-3H3. The quantitative estimate of drug-likeness (QED) is 0.326. The van der Waals surface area contributed by atoms with Gasteiger partial charge in [-0.25, -0.2) is 0 Å². The summed E-state index contributed by atoms with van der Waals surface area (Å²) in [6, 6.07) is 0. The van der Waals surface area contributed by atoms with Crippen molar-refractivity contribution >= 4 is 5.97 Å². The third-order valence-corrected chi connectivity index (χ3v) is 4.93. The largest absolute Gasteiger partial charge is 0.544 e. The summed E-state index contributed by atoms with van der Waals surface area (Å²) in [4.78, 5) is 11.4. The Kier molecular flexibility index (Phi) is 14.3. The predicted octanol–water partition coefficient (Wildman–Crippen LogP) is 3.26. The molecule has 0 radical (unpaired) electrons. The summed E-state index contributed by atoms with van der Waals surface area (Å²) in [5.41, 5.74) is 0. The molecule has 0 aliphatic heterocycles. The van der Waals surface area contributed by atoms with E-state index in [-0.39, 0.29) is 6.54 Å². The van der Waals surface area contributed by atoms with Gasteiger partial charge in [0.15, 0.2) is 0 Å². The predicted molar refractivity (Wildman–Crippen MR) is 98.6 cm³/mol. The number of aliphatic hydroxyl groups excluding tert-OH is 1. The molecular weight excluding hydrogens is 302 g/mol. The summed E-state index contributed by atoms with van der Waals surface area (Å²) < 4.78 is 0.497. The highest BCUT2D eigenvalue weighted by molar-refractivity contribution is 5.65. The van der Waals surface area contributed by atoms with E-state index in [0.717, 1.165) is 70.9 Å². The Morgan fingerprint density at radius 2 is 1.38 bits per heavy atom. The number of hydrogen-bond donors (Lipinski definition) is 1. The molecule has 0 aromatic rings. The SMILES string of the molecule is CCCCCCC(O)C[N+](CCCCC)(CCCCC)CC(=O)[O-]. The first-order valence-electron chi connectivity index (χ1n) is 10.2. The van der Waals surface area contributed by atoms with Gasteiger partial charge in [0.1, 0.15) is 19.2 Å². The zero-order valence-electron chi connectivity index (χ0n) is 16.4. The third-order valence-electron chi connectivity index (χ3n) is 4.93. The van der Waals surface area contributed by atoms with E-state index in [1.807, 2.05) is 0 Å². The third kappa shape index (κ3) is 11.9. The first kappa shape index (κ1) is 23.4. The molecule has 1 unspecified atom stereocenters. The fourth-order valence-corrected chi connectivity index (χ4v) is 3.53. The number of nitrogens with zero attached hydrogens (tertiary/aromatic N) is 1. The maximum absolute atomic E-state index is 11.4. The van der Waals surface area contributed by atoms with Crippen molar-refractivity contribution in [1.82, 2.24) is 0 Å². The average molecular weight is 344 g/mol. The number of aliphatic hydroxyl groups is 1. The summed E-state index contributed by atoms with van der Waals surface area (Å²) in [5, 5.41) is 21.8. The summed E-state index contributed by atoms with van der Waals surface area (Å²) in [6.07, 6.45) is 11.5. The zero-order chi connectivity index (χ0) is 18.3. The second-order valence-corrected chi connectivity index (χ2v) is 7.42. The lowest BCUT2D eigenvalue weighted by Crippen LogP contribution is -2.58. The smallest absolute Gasteiger partial charge is 0.119 e. The number of aliphatic carboxylic acids is 1. The number of carboxylic acids is 1. The van der Waals surface area contributed by atoms with E-state index in [4.69, 9.17) is 0 Å². The number of rotatable bonds is 17. The van der Waals surface area contributed by atoms with Crippen molar-refractivity contribution in [2.24, 2.45) is 0 Å². The summed E-state index contributed by atoms with van der Waals surface area (Å²) in [6.45, 7) is 8.79. The van der Waals surface area contributed by atoms with Crippen LogP contribution in [0, 0.1) is 0 Å². The molecule has 0 amide bonds. The van der Waals surface area contributed by atoms with Crippen LogP contribution in [0.25, 0.3) is 0 Å². The molecule has 24 heavy (non-hydrogen) atoms. The van der Waals surface area contributed by atoms with Crippen LogP contribution in [0.5, 0.6) is 0 Å². The van der Waals surface area contributed by atoms with Gasteiger partial charge in [-0.05, 0) is 32.1 Å². The topological polar surface area (TPSA) is 60.4 Å². The van der Waals surface area contributed by atoms with Crippen LogP contribution in [0.15, 0.2) is 0 Å².